The fourth-order valence-electron chi connectivity index (χ4n) is 4.71. The van der Waals surface area contributed by atoms with Crippen molar-refractivity contribution in [3.63, 3.8) is 0 Å². The van der Waals surface area contributed by atoms with Crippen molar-refractivity contribution in [1.82, 2.24) is 19.8 Å². The van der Waals surface area contributed by atoms with E-state index < -0.39 is 17.7 Å². The molecule has 0 aliphatic rings. The van der Waals surface area contributed by atoms with Gasteiger partial charge in [-0.15, -0.1) is 0 Å². The molecule has 0 aliphatic carbocycles. The topological polar surface area (TPSA) is 100.0 Å². The lowest BCUT2D eigenvalue weighted by atomic mass is 9.95. The molecule has 42 heavy (non-hydrogen) atoms. The van der Waals surface area contributed by atoms with Crippen LogP contribution < -0.4 is 11.1 Å². The van der Waals surface area contributed by atoms with Crippen LogP contribution in [0.3, 0.4) is 0 Å². The number of aromatic nitrogens is 2. The molecule has 0 saturated carbocycles. The van der Waals surface area contributed by atoms with Crippen molar-refractivity contribution in [2.75, 3.05) is 19.6 Å². The van der Waals surface area contributed by atoms with Gasteiger partial charge in [-0.2, -0.15) is 18.4 Å². The van der Waals surface area contributed by atoms with Crippen LogP contribution in [-0.4, -0.2) is 45.0 Å². The number of halogens is 3. The molecule has 0 aliphatic heterocycles. The molecular formula is C31H37F3N6OS. The number of benzene rings is 2. The summed E-state index contributed by atoms with van der Waals surface area (Å²) in [6.07, 6.45) is 2.11. The third-order valence-corrected chi connectivity index (χ3v) is 7.43. The highest BCUT2D eigenvalue weighted by atomic mass is 32.1. The Hall–Kier alpha value is -3.75. The van der Waals surface area contributed by atoms with Crippen LogP contribution in [0.1, 0.15) is 60.6 Å². The first kappa shape index (κ1) is 32.8. The number of nitriles is 1. The summed E-state index contributed by atoms with van der Waals surface area (Å²) in [6.45, 7) is 3.42. The SMILES string of the molecule is CCCCCNC(=S)N(Cc1ccccc1C(F)(F)F)C[C@H](CCN)C(=O)Cc1cncn1Cc1ccc(C#N)cc1. The number of rotatable bonds is 15. The third kappa shape index (κ3) is 9.67. The first-order valence-corrected chi connectivity index (χ1v) is 14.5. The number of carbonyl (C=O) groups is 1. The number of unbranched alkanes of at least 4 members (excludes halogenated alkanes) is 2. The molecule has 3 rings (SSSR count). The Bertz CT molecular complexity index is 1350. The van der Waals surface area contributed by atoms with E-state index in [0.29, 0.717) is 35.9 Å². The number of carbonyl (C=O) groups excluding carboxylic acids is 1. The largest absolute Gasteiger partial charge is 0.416 e. The maximum Gasteiger partial charge on any atom is 0.416 e. The van der Waals surface area contributed by atoms with E-state index in [9.17, 15) is 18.0 Å². The second-order valence-electron chi connectivity index (χ2n) is 10.2. The first-order chi connectivity index (χ1) is 20.2. The Kier molecular flexibility index (Phi) is 12.5. The van der Waals surface area contributed by atoms with Gasteiger partial charge in [0.25, 0.3) is 0 Å². The van der Waals surface area contributed by atoms with Crippen LogP contribution in [0.5, 0.6) is 0 Å². The van der Waals surface area contributed by atoms with Gasteiger partial charge in [0, 0.05) is 50.4 Å². The van der Waals surface area contributed by atoms with E-state index in [-0.39, 0.29) is 37.4 Å². The molecule has 1 aromatic heterocycles. The Morgan fingerprint density at radius 2 is 1.93 bits per heavy atom. The van der Waals surface area contributed by atoms with E-state index in [4.69, 9.17) is 23.2 Å². The zero-order valence-corrected chi connectivity index (χ0v) is 24.6. The molecule has 0 fully saturated rings. The lowest BCUT2D eigenvalue weighted by Gasteiger charge is -2.30. The fraction of sp³-hybridized carbons (Fsp3) is 0.419. The summed E-state index contributed by atoms with van der Waals surface area (Å²) < 4.78 is 43.2. The van der Waals surface area contributed by atoms with Gasteiger partial charge in [0.15, 0.2) is 5.11 Å². The second-order valence-corrected chi connectivity index (χ2v) is 10.6. The van der Waals surface area contributed by atoms with Crippen LogP contribution in [0.4, 0.5) is 13.2 Å². The van der Waals surface area contributed by atoms with E-state index in [1.165, 1.54) is 12.1 Å². The molecule has 0 amide bonds. The van der Waals surface area contributed by atoms with Crippen LogP contribution in [0.15, 0.2) is 61.1 Å². The van der Waals surface area contributed by atoms with Crippen LogP contribution in [0, 0.1) is 17.2 Å². The summed E-state index contributed by atoms with van der Waals surface area (Å²) in [6, 6.07) is 14.7. The van der Waals surface area contributed by atoms with Crippen molar-refractivity contribution in [2.45, 2.75) is 58.3 Å². The summed E-state index contributed by atoms with van der Waals surface area (Å²) in [4.78, 5) is 19.5. The molecule has 0 saturated heterocycles. The normalized spacial score (nSPS) is 12.0. The van der Waals surface area contributed by atoms with Gasteiger partial charge in [-0.25, -0.2) is 4.98 Å². The maximum atomic E-state index is 13.8. The molecule has 7 nitrogen and oxygen atoms in total. The highest BCUT2D eigenvalue weighted by Crippen LogP contribution is 2.32. The minimum atomic E-state index is -4.52. The van der Waals surface area contributed by atoms with Crippen molar-refractivity contribution < 1.29 is 18.0 Å². The quantitative estimate of drug-likeness (QED) is 0.177. The molecule has 2 aromatic carbocycles. The van der Waals surface area contributed by atoms with Gasteiger partial charge >= 0.3 is 6.18 Å². The van der Waals surface area contributed by atoms with Crippen LogP contribution >= 0.6 is 12.2 Å². The number of imidazole rings is 1. The Balaban J connectivity index is 1.79. The van der Waals surface area contributed by atoms with E-state index >= 15 is 0 Å². The Morgan fingerprint density at radius 3 is 2.60 bits per heavy atom. The van der Waals surface area contributed by atoms with E-state index in [2.05, 4.69) is 23.3 Å². The molecule has 224 valence electrons. The summed E-state index contributed by atoms with van der Waals surface area (Å²) in [7, 11) is 0. The fourth-order valence-corrected chi connectivity index (χ4v) is 4.95. The number of Topliss-reactive ketones (excluding diaryl/α,β-unsaturated/α-hetero) is 1. The lowest BCUT2D eigenvalue weighted by molar-refractivity contribution is -0.138. The third-order valence-electron chi connectivity index (χ3n) is 7.03. The van der Waals surface area contributed by atoms with E-state index in [0.717, 1.165) is 30.9 Å². The molecule has 3 N–H and O–H groups in total. The van der Waals surface area contributed by atoms with Crippen LogP contribution in [-0.2, 0) is 30.5 Å². The standard InChI is InChI=1S/C31H37F3N6OS/c1-2-3-6-15-38-30(42)39(20-25-7-4-5-8-28(25)31(32,33)34)21-26(13-14-35)29(41)16-27-18-37-22-40(27)19-24-11-9-23(17-36)10-12-24/h4-5,7-12,18,22,26H,2-3,6,13-16,19-21,35H2,1H3,(H,38,42)/t26-/m0/s1. The molecule has 0 unspecified atom stereocenters. The van der Waals surface area contributed by atoms with E-state index in [1.54, 1.807) is 35.6 Å². The van der Waals surface area contributed by atoms with Crippen LogP contribution in [0.2, 0.25) is 0 Å². The number of alkyl halides is 3. The molecule has 1 atom stereocenters. The summed E-state index contributed by atoms with van der Waals surface area (Å²) in [5.41, 5.74) is 7.47. The zero-order valence-electron chi connectivity index (χ0n) is 23.7. The molecule has 11 heteroatoms. The maximum absolute atomic E-state index is 13.8. The number of hydrogen-bond donors (Lipinski definition) is 2. The van der Waals surface area contributed by atoms with Crippen molar-refractivity contribution in [1.29, 1.82) is 5.26 Å². The molecule has 0 radical (unpaired) electrons. The Morgan fingerprint density at radius 1 is 1.19 bits per heavy atom. The van der Waals surface area contributed by atoms with E-state index in [1.807, 2.05) is 16.7 Å². The predicted molar refractivity (Wildman–Crippen MR) is 160 cm³/mol. The average molecular weight is 599 g/mol. The number of nitrogens with one attached hydrogen (secondary N) is 1. The van der Waals surface area contributed by atoms with Crippen molar-refractivity contribution in [2.24, 2.45) is 11.7 Å². The smallest absolute Gasteiger partial charge is 0.363 e. The van der Waals surface area contributed by atoms with Gasteiger partial charge in [-0.3, -0.25) is 4.79 Å². The van der Waals surface area contributed by atoms with Crippen molar-refractivity contribution in [3.05, 3.63) is 89.0 Å². The molecular weight excluding hydrogens is 561 g/mol. The average Bonchev–Trinajstić information content (AvgIpc) is 3.40. The summed E-state index contributed by atoms with van der Waals surface area (Å²) in [5, 5.41) is 12.5. The molecule has 3 aromatic rings. The highest BCUT2D eigenvalue weighted by molar-refractivity contribution is 7.80. The summed E-state index contributed by atoms with van der Waals surface area (Å²) >= 11 is 5.63. The minimum absolute atomic E-state index is 0.0853. The van der Waals surface area contributed by atoms with Gasteiger partial charge in [-0.05, 0) is 60.9 Å². The van der Waals surface area contributed by atoms with Gasteiger partial charge in [0.1, 0.15) is 5.78 Å². The number of ketones is 1. The predicted octanol–water partition coefficient (Wildman–Crippen LogP) is 5.47. The number of nitrogens with zero attached hydrogens (tertiary/aromatic N) is 4. The van der Waals surface area contributed by atoms with Gasteiger partial charge in [0.05, 0.1) is 23.5 Å². The lowest BCUT2D eigenvalue weighted by Crippen LogP contribution is -2.44. The number of hydrogen-bond acceptors (Lipinski definition) is 5. The molecule has 1 heterocycles. The monoisotopic (exact) mass is 598 g/mol. The van der Waals surface area contributed by atoms with Crippen molar-refractivity contribution >= 4 is 23.1 Å². The molecule has 0 bridgehead atoms. The Labute approximate surface area is 250 Å². The zero-order chi connectivity index (χ0) is 30.5. The van der Waals surface area contributed by atoms with Crippen LogP contribution in [0.25, 0.3) is 0 Å². The summed E-state index contributed by atoms with van der Waals surface area (Å²) in [5.74, 6) is -0.647. The number of nitrogens with two attached hydrogens (primary N) is 1. The highest BCUT2D eigenvalue weighted by Gasteiger charge is 2.34. The first-order valence-electron chi connectivity index (χ1n) is 14.0. The van der Waals surface area contributed by atoms with Crippen molar-refractivity contribution in [3.8, 4) is 6.07 Å². The van der Waals surface area contributed by atoms with Gasteiger partial charge in [-0.1, -0.05) is 50.1 Å². The second kappa shape index (κ2) is 16.0. The minimum Gasteiger partial charge on any atom is -0.363 e. The molecule has 0 spiro atoms. The van der Waals surface area contributed by atoms with Gasteiger partial charge in [0.2, 0.25) is 0 Å². The van der Waals surface area contributed by atoms with Gasteiger partial charge < -0.3 is 20.5 Å². The number of thiocarbonyl (C=S) groups is 1.